The summed E-state index contributed by atoms with van der Waals surface area (Å²) in [6.45, 7) is 13.3. The zero-order chi connectivity index (χ0) is 13.8. The first-order valence-electron chi connectivity index (χ1n) is 6.77. The van der Waals surface area contributed by atoms with Crippen LogP contribution in [0.1, 0.15) is 54.4 Å². The van der Waals surface area contributed by atoms with E-state index in [4.69, 9.17) is 0 Å². The molecule has 0 amide bonds. The van der Waals surface area contributed by atoms with Gasteiger partial charge in [0.05, 0.1) is 0 Å². The van der Waals surface area contributed by atoms with Crippen LogP contribution in [-0.2, 0) is 21.7 Å². The van der Waals surface area contributed by atoms with Crippen LogP contribution >= 0.6 is 12.4 Å². The Bertz CT molecular complexity index is 358. The van der Waals surface area contributed by atoms with Gasteiger partial charge in [-0.05, 0) is 10.8 Å². The molecule has 0 aromatic carbocycles. The van der Waals surface area contributed by atoms with Gasteiger partial charge in [0.2, 0.25) is 0 Å². The number of rotatable bonds is 0. The Morgan fingerprint density at radius 1 is 0.750 bits per heavy atom. The Morgan fingerprint density at radius 2 is 1.05 bits per heavy atom. The van der Waals surface area contributed by atoms with Gasteiger partial charge in [0.1, 0.15) is 0 Å². The third kappa shape index (κ3) is 7.67. The SMILES string of the molecule is CC(C)(C)C1=[C-]CC=C1.CC(C)(C)C1=[C-]CC=C1.Cl.[Ti+2]. The molecule has 0 aromatic rings. The van der Waals surface area contributed by atoms with Crippen molar-refractivity contribution in [2.24, 2.45) is 10.8 Å². The fraction of sp³-hybridized carbons (Fsp3) is 0.556. The van der Waals surface area contributed by atoms with Crippen LogP contribution in [0.3, 0.4) is 0 Å². The molecule has 0 heterocycles. The maximum atomic E-state index is 3.30. The molecule has 0 saturated heterocycles. The van der Waals surface area contributed by atoms with Crippen molar-refractivity contribution in [1.29, 1.82) is 0 Å². The summed E-state index contributed by atoms with van der Waals surface area (Å²) in [5.41, 5.74) is 3.30. The second-order valence-electron chi connectivity index (χ2n) is 6.89. The van der Waals surface area contributed by atoms with E-state index in [1.807, 2.05) is 0 Å². The first-order valence-corrected chi connectivity index (χ1v) is 6.77. The fourth-order valence-electron chi connectivity index (χ4n) is 1.84. The zero-order valence-corrected chi connectivity index (χ0v) is 16.0. The van der Waals surface area contributed by atoms with Crippen molar-refractivity contribution in [1.82, 2.24) is 0 Å². The maximum Gasteiger partial charge on any atom is 2.00 e. The van der Waals surface area contributed by atoms with Gasteiger partial charge >= 0.3 is 21.7 Å². The average molecular weight is 327 g/mol. The van der Waals surface area contributed by atoms with Crippen molar-refractivity contribution in [2.45, 2.75) is 54.4 Å². The van der Waals surface area contributed by atoms with Gasteiger partial charge in [0.15, 0.2) is 0 Å². The van der Waals surface area contributed by atoms with Crippen LogP contribution in [0.5, 0.6) is 0 Å². The van der Waals surface area contributed by atoms with Crippen molar-refractivity contribution < 1.29 is 21.7 Å². The Balaban J connectivity index is 0. The van der Waals surface area contributed by atoms with Crippen LogP contribution in [0, 0.1) is 23.0 Å². The van der Waals surface area contributed by atoms with Crippen molar-refractivity contribution in [3.63, 3.8) is 0 Å². The molecule has 20 heavy (non-hydrogen) atoms. The van der Waals surface area contributed by atoms with E-state index >= 15 is 0 Å². The molecule has 2 aliphatic carbocycles. The summed E-state index contributed by atoms with van der Waals surface area (Å²) in [4.78, 5) is 0. The molecule has 0 nitrogen and oxygen atoms in total. The minimum atomic E-state index is 0. The third-order valence-electron chi connectivity index (χ3n) is 3.01. The Hall–Kier alpha value is -0.0357. The smallest absolute Gasteiger partial charge is 0.269 e. The summed E-state index contributed by atoms with van der Waals surface area (Å²) in [7, 11) is 0. The molecule has 0 unspecified atom stereocenters. The van der Waals surface area contributed by atoms with E-state index in [-0.39, 0.29) is 34.1 Å². The predicted molar refractivity (Wildman–Crippen MR) is 87.2 cm³/mol. The van der Waals surface area contributed by atoms with Gasteiger partial charge in [-0.1, -0.05) is 41.5 Å². The maximum absolute atomic E-state index is 3.30. The first-order chi connectivity index (χ1) is 8.21. The summed E-state index contributed by atoms with van der Waals surface area (Å²) >= 11 is 0. The average Bonchev–Trinajstić information content (AvgIpc) is 2.91. The van der Waals surface area contributed by atoms with Crippen molar-refractivity contribution in [3.05, 3.63) is 47.6 Å². The van der Waals surface area contributed by atoms with E-state index in [0.717, 1.165) is 12.8 Å². The van der Waals surface area contributed by atoms with Gasteiger partial charge in [0, 0.05) is 0 Å². The molecule has 0 atom stereocenters. The number of hydrogen-bond donors (Lipinski definition) is 0. The molecule has 0 aromatic heterocycles. The molecule has 0 aliphatic heterocycles. The molecule has 0 bridgehead atoms. The van der Waals surface area contributed by atoms with Crippen LogP contribution in [0.15, 0.2) is 35.5 Å². The number of hydrogen-bond acceptors (Lipinski definition) is 0. The fourth-order valence-corrected chi connectivity index (χ4v) is 1.84. The van der Waals surface area contributed by atoms with E-state index in [1.165, 1.54) is 11.1 Å². The Kier molecular flexibility index (Phi) is 10.1. The van der Waals surface area contributed by atoms with Crippen LogP contribution in [0.4, 0.5) is 0 Å². The topological polar surface area (TPSA) is 0 Å². The predicted octanol–water partition coefficient (Wildman–Crippen LogP) is 5.86. The number of halogens is 1. The van der Waals surface area contributed by atoms with Gasteiger partial charge in [-0.2, -0.15) is 12.2 Å². The summed E-state index contributed by atoms with van der Waals surface area (Å²) in [5, 5.41) is 0. The molecule has 0 fully saturated rings. The second-order valence-corrected chi connectivity index (χ2v) is 6.89. The molecule has 2 heteroatoms. The van der Waals surface area contributed by atoms with E-state index < -0.39 is 0 Å². The summed E-state index contributed by atoms with van der Waals surface area (Å²) in [5.74, 6) is 0. The largest absolute Gasteiger partial charge is 2.00 e. The molecule has 0 spiro atoms. The van der Waals surface area contributed by atoms with Gasteiger partial charge in [-0.3, -0.25) is 12.2 Å². The molecule has 0 radical (unpaired) electrons. The minimum Gasteiger partial charge on any atom is -0.269 e. The van der Waals surface area contributed by atoms with E-state index in [1.54, 1.807) is 0 Å². The second kappa shape index (κ2) is 9.08. The molecular formula is C18H27ClTi. The third-order valence-corrected chi connectivity index (χ3v) is 3.01. The zero-order valence-electron chi connectivity index (χ0n) is 13.6. The molecule has 2 rings (SSSR count). The molecule has 0 saturated carbocycles. The van der Waals surface area contributed by atoms with Crippen molar-refractivity contribution in [3.8, 4) is 0 Å². The minimum absolute atomic E-state index is 0. The summed E-state index contributed by atoms with van der Waals surface area (Å²) in [6.07, 6.45) is 17.3. The van der Waals surface area contributed by atoms with Crippen LogP contribution in [-0.4, -0.2) is 0 Å². The van der Waals surface area contributed by atoms with Crippen LogP contribution < -0.4 is 0 Å². The molecular weight excluding hydrogens is 300 g/mol. The van der Waals surface area contributed by atoms with E-state index in [9.17, 15) is 0 Å². The van der Waals surface area contributed by atoms with Gasteiger partial charge in [-0.15, -0.1) is 25.2 Å². The normalized spacial score (nSPS) is 16.5. The summed E-state index contributed by atoms with van der Waals surface area (Å²) < 4.78 is 0. The van der Waals surface area contributed by atoms with Crippen LogP contribution in [0.2, 0.25) is 0 Å². The van der Waals surface area contributed by atoms with E-state index in [0.29, 0.717) is 10.8 Å². The first kappa shape index (κ1) is 22.2. The number of allylic oxidation sites excluding steroid dienone is 8. The van der Waals surface area contributed by atoms with Crippen LogP contribution in [0.25, 0.3) is 0 Å². The van der Waals surface area contributed by atoms with Gasteiger partial charge in [0.25, 0.3) is 0 Å². The summed E-state index contributed by atoms with van der Waals surface area (Å²) in [6, 6.07) is 0. The van der Waals surface area contributed by atoms with Gasteiger partial charge < -0.3 is 0 Å². The van der Waals surface area contributed by atoms with Gasteiger partial charge in [-0.25, -0.2) is 23.3 Å². The quantitative estimate of drug-likeness (QED) is 0.386. The monoisotopic (exact) mass is 326 g/mol. The Labute approximate surface area is 146 Å². The van der Waals surface area contributed by atoms with E-state index in [2.05, 4.69) is 78.0 Å². The molecule has 2 aliphatic rings. The van der Waals surface area contributed by atoms with Crippen molar-refractivity contribution >= 4 is 12.4 Å². The molecule has 110 valence electrons. The standard InChI is InChI=1S/2C9H13.ClH.Ti/c2*1-9(2,3)8-6-4-5-7-8;;/h2*4,6H,5H2,1-3H3;1H;/q2*-1;;+2. The molecule has 0 N–H and O–H groups in total. The van der Waals surface area contributed by atoms with Crippen molar-refractivity contribution in [2.75, 3.05) is 0 Å². The Morgan fingerprint density at radius 3 is 1.15 bits per heavy atom.